The highest BCUT2D eigenvalue weighted by Crippen LogP contribution is 2.50. The largest absolute Gasteiger partial charge is 0.338 e. The van der Waals surface area contributed by atoms with Crippen molar-refractivity contribution in [3.05, 3.63) is 70.7 Å². The van der Waals surface area contributed by atoms with Gasteiger partial charge in [-0.3, -0.25) is 14.7 Å². The van der Waals surface area contributed by atoms with Gasteiger partial charge in [0.15, 0.2) is 0 Å². The number of rotatable bonds is 6. The standard InChI is InChI=1S/C24H29N5OS/c1-18(2)29-14-22(26-17-29)21-13-27(11-20-5-9-31-15-20)16-24(21)6-8-28(23(24)30)12-19-4-3-7-25-10-19/h3-5,7,9-10,14-15,17-18,21H,6,8,11-13,16H2,1-2H3/t21-,24-/m1/s1. The van der Waals surface area contributed by atoms with Crippen LogP contribution in [0.5, 0.6) is 0 Å². The van der Waals surface area contributed by atoms with E-state index in [1.807, 2.05) is 29.6 Å². The molecule has 2 aliphatic rings. The quantitative estimate of drug-likeness (QED) is 0.589. The highest BCUT2D eigenvalue weighted by molar-refractivity contribution is 7.07. The SMILES string of the molecule is CC(C)n1cnc([C@H]2CN(Cc3ccsc3)C[C@]23CCN(Cc2cccnc2)C3=O)c1. The zero-order valence-electron chi connectivity index (χ0n) is 18.1. The molecule has 31 heavy (non-hydrogen) atoms. The smallest absolute Gasteiger partial charge is 0.231 e. The Hall–Kier alpha value is -2.51. The number of hydrogen-bond acceptors (Lipinski definition) is 5. The number of nitrogens with zero attached hydrogens (tertiary/aromatic N) is 5. The van der Waals surface area contributed by atoms with Gasteiger partial charge in [0.1, 0.15) is 0 Å². The second kappa shape index (κ2) is 8.20. The summed E-state index contributed by atoms with van der Waals surface area (Å²) in [4.78, 5) is 27.3. The lowest BCUT2D eigenvalue weighted by Gasteiger charge is -2.28. The van der Waals surface area contributed by atoms with Crippen LogP contribution in [0.2, 0.25) is 0 Å². The summed E-state index contributed by atoms with van der Waals surface area (Å²) in [6.45, 7) is 8.31. The van der Waals surface area contributed by atoms with Crippen molar-refractivity contribution in [3.8, 4) is 0 Å². The third-order valence-corrected chi connectivity index (χ3v) is 7.54. The van der Waals surface area contributed by atoms with Crippen molar-refractivity contribution in [2.45, 2.75) is 45.3 Å². The second-order valence-corrected chi connectivity index (χ2v) is 9.97. The van der Waals surface area contributed by atoms with Crippen LogP contribution in [-0.2, 0) is 17.9 Å². The predicted molar refractivity (Wildman–Crippen MR) is 122 cm³/mol. The van der Waals surface area contributed by atoms with Crippen molar-refractivity contribution in [3.63, 3.8) is 0 Å². The molecule has 3 aromatic heterocycles. The van der Waals surface area contributed by atoms with Crippen molar-refractivity contribution in [2.24, 2.45) is 5.41 Å². The number of thiophene rings is 1. The summed E-state index contributed by atoms with van der Waals surface area (Å²) in [5, 5.41) is 4.33. The van der Waals surface area contributed by atoms with E-state index >= 15 is 0 Å². The second-order valence-electron chi connectivity index (χ2n) is 9.19. The molecule has 0 radical (unpaired) electrons. The number of pyridine rings is 1. The van der Waals surface area contributed by atoms with Crippen LogP contribution < -0.4 is 0 Å². The van der Waals surface area contributed by atoms with Crippen LogP contribution in [0.15, 0.2) is 53.9 Å². The molecule has 0 aliphatic carbocycles. The number of amides is 1. The molecule has 0 unspecified atom stereocenters. The van der Waals surface area contributed by atoms with Gasteiger partial charge in [0.2, 0.25) is 5.91 Å². The molecule has 0 bridgehead atoms. The van der Waals surface area contributed by atoms with Gasteiger partial charge in [-0.05, 0) is 54.3 Å². The maximum atomic E-state index is 13.9. The van der Waals surface area contributed by atoms with E-state index < -0.39 is 5.41 Å². The number of imidazole rings is 1. The molecule has 1 amide bonds. The average molecular weight is 436 g/mol. The first-order chi connectivity index (χ1) is 15.0. The molecule has 0 saturated carbocycles. The van der Waals surface area contributed by atoms with Crippen LogP contribution in [0.1, 0.15) is 49.0 Å². The topological polar surface area (TPSA) is 54.3 Å². The van der Waals surface area contributed by atoms with Crippen molar-refractivity contribution in [2.75, 3.05) is 19.6 Å². The summed E-state index contributed by atoms with van der Waals surface area (Å²) in [5.41, 5.74) is 3.07. The van der Waals surface area contributed by atoms with Gasteiger partial charge in [0.25, 0.3) is 0 Å². The highest BCUT2D eigenvalue weighted by Gasteiger charge is 2.57. The Labute approximate surface area is 187 Å². The van der Waals surface area contributed by atoms with E-state index in [0.29, 0.717) is 12.6 Å². The summed E-state index contributed by atoms with van der Waals surface area (Å²) in [5.74, 6) is 0.394. The summed E-state index contributed by atoms with van der Waals surface area (Å²) in [6, 6.07) is 6.53. The Kier molecular flexibility index (Phi) is 5.40. The third kappa shape index (κ3) is 3.81. The van der Waals surface area contributed by atoms with E-state index in [1.54, 1.807) is 17.5 Å². The molecular formula is C24H29N5OS. The minimum Gasteiger partial charge on any atom is -0.338 e. The van der Waals surface area contributed by atoms with Gasteiger partial charge in [-0.25, -0.2) is 4.98 Å². The van der Waals surface area contributed by atoms with Gasteiger partial charge < -0.3 is 9.47 Å². The van der Waals surface area contributed by atoms with E-state index in [-0.39, 0.29) is 11.8 Å². The molecule has 1 spiro atoms. The van der Waals surface area contributed by atoms with Gasteiger partial charge in [0.05, 0.1) is 17.4 Å². The van der Waals surface area contributed by atoms with Crippen LogP contribution in [0.4, 0.5) is 0 Å². The monoisotopic (exact) mass is 435 g/mol. The van der Waals surface area contributed by atoms with Crippen molar-refractivity contribution in [1.29, 1.82) is 0 Å². The lowest BCUT2D eigenvalue weighted by atomic mass is 9.75. The summed E-state index contributed by atoms with van der Waals surface area (Å²) >= 11 is 1.73. The molecule has 2 fully saturated rings. The van der Waals surface area contributed by atoms with Gasteiger partial charge in [-0.2, -0.15) is 11.3 Å². The fraction of sp³-hybridized carbons (Fsp3) is 0.458. The molecule has 2 aliphatic heterocycles. The van der Waals surface area contributed by atoms with Crippen LogP contribution in [0.25, 0.3) is 0 Å². The molecule has 0 N–H and O–H groups in total. The first kappa shape index (κ1) is 20.4. The third-order valence-electron chi connectivity index (χ3n) is 6.81. The number of aromatic nitrogens is 3. The van der Waals surface area contributed by atoms with Crippen LogP contribution >= 0.6 is 11.3 Å². The Bertz CT molecular complexity index is 1030. The van der Waals surface area contributed by atoms with E-state index in [9.17, 15) is 4.79 Å². The van der Waals surface area contributed by atoms with E-state index in [2.05, 4.69) is 51.3 Å². The van der Waals surface area contributed by atoms with E-state index in [1.165, 1.54) is 5.56 Å². The molecule has 6 nitrogen and oxygen atoms in total. The predicted octanol–water partition coefficient (Wildman–Crippen LogP) is 3.94. The van der Waals surface area contributed by atoms with Gasteiger partial charge >= 0.3 is 0 Å². The molecule has 162 valence electrons. The van der Waals surface area contributed by atoms with Crippen molar-refractivity contribution >= 4 is 17.2 Å². The normalized spacial score (nSPS) is 24.2. The molecule has 0 aromatic carbocycles. The van der Waals surface area contributed by atoms with Gasteiger partial charge in [-0.15, -0.1) is 0 Å². The number of carbonyl (C=O) groups is 1. The Morgan fingerprint density at radius 1 is 1.26 bits per heavy atom. The maximum absolute atomic E-state index is 13.9. The van der Waals surface area contributed by atoms with Crippen molar-refractivity contribution in [1.82, 2.24) is 24.3 Å². The van der Waals surface area contributed by atoms with Crippen molar-refractivity contribution < 1.29 is 4.79 Å². The fourth-order valence-corrected chi connectivity index (χ4v) is 5.81. The Morgan fingerprint density at radius 3 is 2.87 bits per heavy atom. The molecule has 5 rings (SSSR count). The zero-order chi connectivity index (χ0) is 21.4. The summed E-state index contributed by atoms with van der Waals surface area (Å²) in [6.07, 6.45) is 8.59. The molecule has 7 heteroatoms. The highest BCUT2D eigenvalue weighted by atomic mass is 32.1. The fourth-order valence-electron chi connectivity index (χ4n) is 5.15. The number of likely N-dealkylation sites (tertiary alicyclic amines) is 2. The maximum Gasteiger partial charge on any atom is 0.231 e. The first-order valence-corrected chi connectivity index (χ1v) is 11.9. The van der Waals surface area contributed by atoms with Gasteiger partial charge in [0, 0.05) is 63.3 Å². The average Bonchev–Trinajstić information content (AvgIpc) is 3.55. The number of hydrogen-bond donors (Lipinski definition) is 0. The molecule has 3 aromatic rings. The molecule has 2 atom stereocenters. The molecular weight excluding hydrogens is 406 g/mol. The Balaban J connectivity index is 1.43. The van der Waals surface area contributed by atoms with E-state index in [4.69, 9.17) is 4.98 Å². The molecule has 5 heterocycles. The van der Waals surface area contributed by atoms with Crippen LogP contribution in [0.3, 0.4) is 0 Å². The van der Waals surface area contributed by atoms with E-state index in [0.717, 1.165) is 43.9 Å². The first-order valence-electron chi connectivity index (χ1n) is 11.0. The minimum absolute atomic E-state index is 0.123. The lowest BCUT2D eigenvalue weighted by molar-refractivity contribution is -0.136. The van der Waals surface area contributed by atoms with Crippen LogP contribution in [0, 0.1) is 5.41 Å². The zero-order valence-corrected chi connectivity index (χ0v) is 19.0. The summed E-state index contributed by atoms with van der Waals surface area (Å²) in [7, 11) is 0. The lowest BCUT2D eigenvalue weighted by Crippen LogP contribution is -2.39. The minimum atomic E-state index is -0.394. The Morgan fingerprint density at radius 2 is 2.16 bits per heavy atom. The van der Waals surface area contributed by atoms with Gasteiger partial charge in [-0.1, -0.05) is 6.07 Å². The van der Waals surface area contributed by atoms with Crippen LogP contribution in [-0.4, -0.2) is 49.9 Å². The number of carbonyl (C=O) groups excluding carboxylic acids is 1. The molecule has 2 saturated heterocycles. The summed E-state index contributed by atoms with van der Waals surface area (Å²) < 4.78 is 2.15.